The van der Waals surface area contributed by atoms with Gasteiger partial charge in [0.2, 0.25) is 0 Å². The monoisotopic (exact) mass is 241 g/mol. The molecule has 2 aromatic carbocycles. The molecule has 0 spiro atoms. The van der Waals surface area contributed by atoms with Crippen LogP contribution in [0.4, 0.5) is 0 Å². The number of nitrogens with two attached hydrogens (primary N) is 1. The van der Waals surface area contributed by atoms with Crippen molar-refractivity contribution < 1.29 is 9.53 Å². The van der Waals surface area contributed by atoms with Crippen LogP contribution in [0.5, 0.6) is 0 Å². The Morgan fingerprint density at radius 2 is 1.89 bits per heavy atom. The van der Waals surface area contributed by atoms with Crippen LogP contribution in [0.3, 0.4) is 0 Å². The maximum absolute atomic E-state index is 12.6. The van der Waals surface area contributed by atoms with E-state index in [1.807, 2.05) is 42.5 Å². The average Bonchev–Trinajstić information content (AvgIpc) is 2.37. The zero-order valence-electron chi connectivity index (χ0n) is 10.1. The van der Waals surface area contributed by atoms with Gasteiger partial charge in [0.25, 0.3) is 0 Å². The van der Waals surface area contributed by atoms with Crippen molar-refractivity contribution in [3.63, 3.8) is 0 Å². The first-order valence-electron chi connectivity index (χ1n) is 6.07. The van der Waals surface area contributed by atoms with Crippen LogP contribution >= 0.6 is 0 Å². The van der Waals surface area contributed by atoms with Crippen LogP contribution in [0.2, 0.25) is 0 Å². The normalized spacial score (nSPS) is 17.4. The molecule has 3 heteroatoms. The summed E-state index contributed by atoms with van der Waals surface area (Å²) >= 11 is 0. The highest BCUT2D eigenvalue weighted by Gasteiger charge is 2.45. The molecule has 1 aliphatic rings. The number of ether oxygens (including phenoxy) is 1. The third kappa shape index (κ3) is 1.55. The van der Waals surface area contributed by atoms with Crippen molar-refractivity contribution in [2.75, 3.05) is 19.8 Å². The van der Waals surface area contributed by atoms with E-state index in [1.54, 1.807) is 0 Å². The quantitative estimate of drug-likeness (QED) is 0.836. The Hall–Kier alpha value is -1.71. The summed E-state index contributed by atoms with van der Waals surface area (Å²) in [5.41, 5.74) is 5.99. The minimum absolute atomic E-state index is 0.105. The maximum atomic E-state index is 12.6. The van der Waals surface area contributed by atoms with Crippen molar-refractivity contribution >= 4 is 16.6 Å². The lowest BCUT2D eigenvalue weighted by Gasteiger charge is -2.39. The van der Waals surface area contributed by atoms with E-state index in [0.29, 0.717) is 19.8 Å². The van der Waals surface area contributed by atoms with Gasteiger partial charge in [-0.25, -0.2) is 0 Å². The lowest BCUT2D eigenvalue weighted by molar-refractivity contribution is -0.0815. The van der Waals surface area contributed by atoms with Crippen LogP contribution in [0.1, 0.15) is 10.4 Å². The third-order valence-corrected chi connectivity index (χ3v) is 3.66. The molecule has 0 bridgehead atoms. The Morgan fingerprint density at radius 1 is 1.17 bits per heavy atom. The number of Topliss-reactive ketones (excluding diaryl/α,β-unsaturated/α-hetero) is 1. The first-order chi connectivity index (χ1) is 8.77. The first kappa shape index (κ1) is 11.4. The molecule has 3 rings (SSSR count). The third-order valence-electron chi connectivity index (χ3n) is 3.66. The van der Waals surface area contributed by atoms with E-state index in [-0.39, 0.29) is 5.78 Å². The smallest absolute Gasteiger partial charge is 0.175 e. The number of hydrogen-bond acceptors (Lipinski definition) is 3. The fourth-order valence-corrected chi connectivity index (χ4v) is 2.40. The standard InChI is InChI=1S/C15H15NO2/c16-8-15(9-18-10-15)14(17)13-7-3-5-11-4-1-2-6-12(11)13/h1-7H,8-10,16H2. The zero-order chi connectivity index (χ0) is 12.6. The van der Waals surface area contributed by atoms with Crippen LogP contribution < -0.4 is 5.73 Å². The molecule has 1 fully saturated rings. The van der Waals surface area contributed by atoms with Crippen LogP contribution in [-0.2, 0) is 4.74 Å². The Balaban J connectivity index is 2.12. The highest BCUT2D eigenvalue weighted by Crippen LogP contribution is 2.33. The largest absolute Gasteiger partial charge is 0.379 e. The molecule has 0 radical (unpaired) electrons. The number of benzene rings is 2. The Kier molecular flexibility index (Phi) is 2.65. The SMILES string of the molecule is NCC1(C(=O)c2cccc3ccccc23)COC1. The van der Waals surface area contributed by atoms with E-state index in [0.717, 1.165) is 16.3 Å². The molecule has 0 atom stereocenters. The molecule has 2 N–H and O–H groups in total. The second-order valence-corrected chi connectivity index (χ2v) is 4.83. The summed E-state index contributed by atoms with van der Waals surface area (Å²) < 4.78 is 5.18. The van der Waals surface area contributed by atoms with Gasteiger partial charge >= 0.3 is 0 Å². The molecule has 0 aliphatic carbocycles. The minimum atomic E-state index is -0.510. The van der Waals surface area contributed by atoms with Gasteiger partial charge in [-0.2, -0.15) is 0 Å². The minimum Gasteiger partial charge on any atom is -0.379 e. The Morgan fingerprint density at radius 3 is 2.56 bits per heavy atom. The van der Waals surface area contributed by atoms with Crippen LogP contribution in [0, 0.1) is 5.41 Å². The molecule has 0 amide bonds. The van der Waals surface area contributed by atoms with Crippen LogP contribution in [0.25, 0.3) is 10.8 Å². The maximum Gasteiger partial charge on any atom is 0.175 e. The second kappa shape index (κ2) is 4.19. The van der Waals surface area contributed by atoms with Gasteiger partial charge in [0, 0.05) is 12.1 Å². The molecule has 18 heavy (non-hydrogen) atoms. The molecule has 1 saturated heterocycles. The summed E-state index contributed by atoms with van der Waals surface area (Å²) in [6, 6.07) is 13.7. The lowest BCUT2D eigenvalue weighted by atomic mass is 9.77. The van der Waals surface area contributed by atoms with E-state index >= 15 is 0 Å². The number of carbonyl (C=O) groups is 1. The molecular formula is C15H15NO2. The van der Waals surface area contributed by atoms with Crippen molar-refractivity contribution in [1.82, 2.24) is 0 Å². The van der Waals surface area contributed by atoms with Gasteiger partial charge < -0.3 is 10.5 Å². The summed E-state index contributed by atoms with van der Waals surface area (Å²) in [7, 11) is 0. The highest BCUT2D eigenvalue weighted by atomic mass is 16.5. The number of fused-ring (bicyclic) bond motifs is 1. The molecular weight excluding hydrogens is 226 g/mol. The molecule has 3 nitrogen and oxygen atoms in total. The molecule has 0 unspecified atom stereocenters. The zero-order valence-corrected chi connectivity index (χ0v) is 10.1. The molecule has 1 aliphatic heterocycles. The topological polar surface area (TPSA) is 52.3 Å². The van der Waals surface area contributed by atoms with Crippen molar-refractivity contribution in [3.8, 4) is 0 Å². The lowest BCUT2D eigenvalue weighted by Crippen LogP contribution is -2.54. The van der Waals surface area contributed by atoms with Gasteiger partial charge in [0.05, 0.1) is 18.6 Å². The highest BCUT2D eigenvalue weighted by molar-refractivity contribution is 6.11. The molecule has 0 aromatic heterocycles. The Bertz CT molecular complexity index is 591. The summed E-state index contributed by atoms with van der Waals surface area (Å²) in [5.74, 6) is 0.105. The number of hydrogen-bond donors (Lipinski definition) is 1. The number of ketones is 1. The predicted octanol–water partition coefficient (Wildman–Crippen LogP) is 2.00. The van der Waals surface area contributed by atoms with Gasteiger partial charge in [0.1, 0.15) is 0 Å². The van der Waals surface area contributed by atoms with Crippen molar-refractivity contribution in [2.45, 2.75) is 0 Å². The van der Waals surface area contributed by atoms with Crippen molar-refractivity contribution in [2.24, 2.45) is 11.1 Å². The first-order valence-corrected chi connectivity index (χ1v) is 6.07. The van der Waals surface area contributed by atoms with E-state index in [4.69, 9.17) is 10.5 Å². The van der Waals surface area contributed by atoms with Crippen LogP contribution in [0.15, 0.2) is 42.5 Å². The second-order valence-electron chi connectivity index (χ2n) is 4.83. The van der Waals surface area contributed by atoms with Crippen molar-refractivity contribution in [1.29, 1.82) is 0 Å². The fourth-order valence-electron chi connectivity index (χ4n) is 2.40. The summed E-state index contributed by atoms with van der Waals surface area (Å²) in [4.78, 5) is 12.6. The molecule has 92 valence electrons. The van der Waals surface area contributed by atoms with Crippen molar-refractivity contribution in [3.05, 3.63) is 48.0 Å². The average molecular weight is 241 g/mol. The van der Waals surface area contributed by atoms with E-state index < -0.39 is 5.41 Å². The summed E-state index contributed by atoms with van der Waals surface area (Å²) in [6.45, 7) is 1.21. The Labute approximate surface area is 106 Å². The molecule has 2 aromatic rings. The van der Waals surface area contributed by atoms with Crippen LogP contribution in [-0.4, -0.2) is 25.5 Å². The fraction of sp³-hybridized carbons (Fsp3) is 0.267. The predicted molar refractivity (Wildman–Crippen MR) is 70.6 cm³/mol. The van der Waals surface area contributed by atoms with E-state index in [9.17, 15) is 4.79 Å². The van der Waals surface area contributed by atoms with Gasteiger partial charge in [-0.1, -0.05) is 42.5 Å². The van der Waals surface area contributed by atoms with Gasteiger partial charge in [0.15, 0.2) is 5.78 Å². The van der Waals surface area contributed by atoms with Gasteiger partial charge in [-0.3, -0.25) is 4.79 Å². The van der Waals surface area contributed by atoms with E-state index in [1.165, 1.54) is 0 Å². The number of carbonyl (C=O) groups excluding carboxylic acids is 1. The van der Waals surface area contributed by atoms with Gasteiger partial charge in [-0.15, -0.1) is 0 Å². The van der Waals surface area contributed by atoms with Gasteiger partial charge in [-0.05, 0) is 10.8 Å². The number of rotatable bonds is 3. The summed E-state index contributed by atoms with van der Waals surface area (Å²) in [6.07, 6.45) is 0. The molecule has 1 heterocycles. The summed E-state index contributed by atoms with van der Waals surface area (Å²) in [5, 5.41) is 2.07. The molecule has 0 saturated carbocycles. The van der Waals surface area contributed by atoms with E-state index in [2.05, 4.69) is 0 Å².